The van der Waals surface area contributed by atoms with Crippen molar-refractivity contribution in [3.8, 4) is 0 Å². The van der Waals surface area contributed by atoms with Crippen LogP contribution in [0.5, 0.6) is 0 Å². The Kier molecular flexibility index (Phi) is 2.98. The highest BCUT2D eigenvalue weighted by Gasteiger charge is 2.55. The predicted molar refractivity (Wildman–Crippen MR) is 67.6 cm³/mol. The van der Waals surface area contributed by atoms with Gasteiger partial charge in [-0.3, -0.25) is 9.59 Å². The first kappa shape index (κ1) is 12.2. The number of ether oxygens (including phenoxy) is 1. The van der Waals surface area contributed by atoms with E-state index < -0.39 is 17.8 Å². The summed E-state index contributed by atoms with van der Waals surface area (Å²) in [7, 11) is 0. The highest BCUT2D eigenvalue weighted by atomic mass is 16.5. The lowest BCUT2D eigenvalue weighted by atomic mass is 9.78. The van der Waals surface area contributed by atoms with Crippen molar-refractivity contribution >= 4 is 17.6 Å². The summed E-state index contributed by atoms with van der Waals surface area (Å²) >= 11 is 0. The average molecular weight is 261 g/mol. The van der Waals surface area contributed by atoms with Crippen molar-refractivity contribution in [1.82, 2.24) is 0 Å². The molecular formula is C14H15NO4. The molecule has 2 N–H and O–H groups in total. The van der Waals surface area contributed by atoms with Gasteiger partial charge in [0.1, 0.15) is 0 Å². The van der Waals surface area contributed by atoms with Gasteiger partial charge in [0.25, 0.3) is 0 Å². The molecule has 0 aromatic heterocycles. The fraction of sp³-hybridized carbons (Fsp3) is 0.429. The van der Waals surface area contributed by atoms with E-state index in [4.69, 9.17) is 4.74 Å². The number of amides is 1. The number of para-hydroxylation sites is 1. The molecule has 5 nitrogen and oxygen atoms in total. The third-order valence-corrected chi connectivity index (χ3v) is 3.90. The van der Waals surface area contributed by atoms with Crippen LogP contribution >= 0.6 is 0 Å². The molecule has 2 aliphatic rings. The van der Waals surface area contributed by atoms with E-state index in [0.717, 1.165) is 12.8 Å². The van der Waals surface area contributed by atoms with Crippen molar-refractivity contribution in [3.05, 3.63) is 30.3 Å². The van der Waals surface area contributed by atoms with Crippen LogP contribution in [0, 0.1) is 11.8 Å². The maximum Gasteiger partial charge on any atom is 0.310 e. The molecule has 5 heteroatoms. The highest BCUT2D eigenvalue weighted by molar-refractivity contribution is 5.96. The van der Waals surface area contributed by atoms with Crippen LogP contribution in [0.4, 0.5) is 5.69 Å². The molecule has 2 aliphatic heterocycles. The van der Waals surface area contributed by atoms with Crippen LogP contribution < -0.4 is 5.32 Å². The van der Waals surface area contributed by atoms with E-state index in [9.17, 15) is 14.7 Å². The third kappa shape index (κ3) is 2.10. The second-order valence-electron chi connectivity index (χ2n) is 5.04. The second-order valence-corrected chi connectivity index (χ2v) is 5.04. The summed E-state index contributed by atoms with van der Waals surface area (Å²) < 4.78 is 5.58. The van der Waals surface area contributed by atoms with Gasteiger partial charge in [-0.05, 0) is 25.0 Å². The molecule has 1 aromatic rings. The minimum absolute atomic E-state index is 0.255. The molecule has 2 fully saturated rings. The zero-order valence-corrected chi connectivity index (χ0v) is 10.3. The molecule has 19 heavy (non-hydrogen) atoms. The molecule has 0 aliphatic carbocycles. The zero-order chi connectivity index (χ0) is 13.4. The van der Waals surface area contributed by atoms with E-state index in [1.807, 2.05) is 18.2 Å². The van der Waals surface area contributed by atoms with Crippen LogP contribution in [0.25, 0.3) is 0 Å². The second kappa shape index (κ2) is 4.66. The fourth-order valence-electron chi connectivity index (χ4n) is 3.07. The van der Waals surface area contributed by atoms with E-state index in [0.29, 0.717) is 5.69 Å². The Morgan fingerprint density at radius 3 is 2.37 bits per heavy atom. The van der Waals surface area contributed by atoms with E-state index in [1.54, 1.807) is 12.1 Å². The first-order valence-electron chi connectivity index (χ1n) is 6.41. The minimum atomic E-state index is -0.944. The van der Waals surface area contributed by atoms with Crippen LogP contribution in [0.15, 0.2) is 30.3 Å². The minimum Gasteiger partial charge on any atom is -0.481 e. The Hall–Kier alpha value is -1.88. The normalized spacial score (nSPS) is 32.2. The van der Waals surface area contributed by atoms with Crippen LogP contribution in [-0.4, -0.2) is 29.2 Å². The van der Waals surface area contributed by atoms with Gasteiger partial charge in [0.05, 0.1) is 24.0 Å². The first-order valence-corrected chi connectivity index (χ1v) is 6.41. The van der Waals surface area contributed by atoms with E-state index in [2.05, 4.69) is 5.32 Å². The van der Waals surface area contributed by atoms with Gasteiger partial charge in [-0.15, -0.1) is 0 Å². The maximum atomic E-state index is 12.3. The van der Waals surface area contributed by atoms with Gasteiger partial charge in [-0.1, -0.05) is 18.2 Å². The maximum absolute atomic E-state index is 12.3. The molecule has 4 atom stereocenters. The number of carbonyl (C=O) groups is 2. The van der Waals surface area contributed by atoms with Gasteiger partial charge in [0.2, 0.25) is 5.91 Å². The van der Waals surface area contributed by atoms with Crippen molar-refractivity contribution in [2.75, 3.05) is 5.32 Å². The lowest BCUT2D eigenvalue weighted by Gasteiger charge is -2.23. The Bertz CT molecular complexity index is 501. The Morgan fingerprint density at radius 2 is 1.74 bits per heavy atom. The molecule has 2 unspecified atom stereocenters. The molecule has 1 aromatic carbocycles. The van der Waals surface area contributed by atoms with Crippen LogP contribution in [-0.2, 0) is 14.3 Å². The Balaban J connectivity index is 1.77. The smallest absolute Gasteiger partial charge is 0.310 e. The van der Waals surface area contributed by atoms with Crippen LogP contribution in [0.1, 0.15) is 12.8 Å². The lowest BCUT2D eigenvalue weighted by molar-refractivity contribution is -0.147. The number of carboxylic acid groups (broad SMARTS) is 1. The number of nitrogens with one attached hydrogen (secondary N) is 1. The molecule has 100 valence electrons. The number of carbonyl (C=O) groups excluding carboxylic acids is 1. The lowest BCUT2D eigenvalue weighted by Crippen LogP contribution is -2.40. The van der Waals surface area contributed by atoms with Crippen molar-refractivity contribution < 1.29 is 19.4 Å². The molecule has 0 spiro atoms. The van der Waals surface area contributed by atoms with Crippen molar-refractivity contribution in [3.63, 3.8) is 0 Å². The monoisotopic (exact) mass is 261 g/mol. The summed E-state index contributed by atoms with van der Waals surface area (Å²) in [6.45, 7) is 0. The number of aliphatic carboxylic acids is 1. The molecule has 3 rings (SSSR count). The fourth-order valence-corrected chi connectivity index (χ4v) is 3.07. The van der Waals surface area contributed by atoms with Gasteiger partial charge < -0.3 is 15.2 Å². The molecular weight excluding hydrogens is 246 g/mol. The molecule has 2 bridgehead atoms. The molecule has 2 saturated heterocycles. The topological polar surface area (TPSA) is 75.6 Å². The van der Waals surface area contributed by atoms with Gasteiger partial charge in [-0.25, -0.2) is 0 Å². The standard InChI is InChI=1S/C14H15NO4/c16-13(15-8-4-2-1-3-5-8)11-9-6-7-10(19-9)12(11)14(17)18/h1-5,9-12H,6-7H2,(H,15,16)(H,17,18)/t9-,10+,11?,12?/m0/s1. The summed E-state index contributed by atoms with van der Waals surface area (Å²) in [6.07, 6.45) is 0.932. The van der Waals surface area contributed by atoms with Gasteiger partial charge in [-0.2, -0.15) is 0 Å². The Morgan fingerprint density at radius 1 is 1.11 bits per heavy atom. The number of benzene rings is 1. The van der Waals surface area contributed by atoms with E-state index in [-0.39, 0.29) is 18.1 Å². The number of anilines is 1. The molecule has 0 saturated carbocycles. The van der Waals surface area contributed by atoms with Crippen molar-refractivity contribution in [2.24, 2.45) is 11.8 Å². The highest BCUT2D eigenvalue weighted by Crippen LogP contribution is 2.44. The van der Waals surface area contributed by atoms with E-state index in [1.165, 1.54) is 0 Å². The predicted octanol–water partition coefficient (Wildman–Crippen LogP) is 1.50. The summed E-state index contributed by atoms with van der Waals surface area (Å²) in [5, 5.41) is 12.0. The zero-order valence-electron chi connectivity index (χ0n) is 10.3. The molecule has 0 radical (unpaired) electrons. The largest absolute Gasteiger partial charge is 0.481 e. The number of carboxylic acids is 1. The quantitative estimate of drug-likeness (QED) is 0.864. The first-order chi connectivity index (χ1) is 9.16. The van der Waals surface area contributed by atoms with Gasteiger partial charge in [0, 0.05) is 5.69 Å². The number of fused-ring (bicyclic) bond motifs is 2. The number of rotatable bonds is 3. The van der Waals surface area contributed by atoms with Gasteiger partial charge >= 0.3 is 5.97 Å². The van der Waals surface area contributed by atoms with Gasteiger partial charge in [0.15, 0.2) is 0 Å². The SMILES string of the molecule is O=C(Nc1ccccc1)C1C(C(=O)O)[C@H]2CC[C@@H]1O2. The number of hydrogen-bond acceptors (Lipinski definition) is 3. The van der Waals surface area contributed by atoms with Crippen LogP contribution in [0.3, 0.4) is 0 Å². The Labute approximate surface area is 110 Å². The van der Waals surface area contributed by atoms with Crippen molar-refractivity contribution in [1.29, 1.82) is 0 Å². The number of hydrogen-bond donors (Lipinski definition) is 2. The van der Waals surface area contributed by atoms with Crippen molar-refractivity contribution in [2.45, 2.75) is 25.0 Å². The summed E-state index contributed by atoms with van der Waals surface area (Å²) in [4.78, 5) is 23.6. The van der Waals surface area contributed by atoms with E-state index >= 15 is 0 Å². The molecule has 1 amide bonds. The summed E-state index contributed by atoms with van der Waals surface area (Å²) in [6, 6.07) is 9.06. The molecule has 2 heterocycles. The summed E-state index contributed by atoms with van der Waals surface area (Å²) in [5.74, 6) is -2.51. The third-order valence-electron chi connectivity index (χ3n) is 3.90. The average Bonchev–Trinajstić information content (AvgIpc) is 2.99. The summed E-state index contributed by atoms with van der Waals surface area (Å²) in [5.41, 5.74) is 0.680. The van der Waals surface area contributed by atoms with Crippen LogP contribution in [0.2, 0.25) is 0 Å².